The van der Waals surface area contributed by atoms with Gasteiger partial charge in [0.15, 0.2) is 6.61 Å². The van der Waals surface area contributed by atoms with Crippen LogP contribution in [0.5, 0.6) is 5.75 Å². The minimum absolute atomic E-state index is 0.0171. The number of carbonyl (C=O) groups is 4. The average Bonchev–Trinajstić information content (AvgIpc) is 2.95. The second kappa shape index (κ2) is 7.82. The molecule has 0 fully saturated rings. The molecule has 31 heavy (non-hydrogen) atoms. The van der Waals surface area contributed by atoms with Gasteiger partial charge in [0.2, 0.25) is 0 Å². The van der Waals surface area contributed by atoms with E-state index >= 15 is 4.39 Å². The summed E-state index contributed by atoms with van der Waals surface area (Å²) < 4.78 is 25.2. The lowest BCUT2D eigenvalue weighted by atomic mass is 10.1. The van der Waals surface area contributed by atoms with Crippen molar-refractivity contribution in [3.05, 3.63) is 51.3 Å². The lowest BCUT2D eigenvalue weighted by Crippen LogP contribution is -2.42. The summed E-state index contributed by atoms with van der Waals surface area (Å²) in [5.41, 5.74) is -0.427. The van der Waals surface area contributed by atoms with Crippen LogP contribution in [0.3, 0.4) is 0 Å². The fourth-order valence-corrected chi connectivity index (χ4v) is 3.67. The van der Waals surface area contributed by atoms with Crippen LogP contribution in [0.4, 0.5) is 15.8 Å². The molecule has 0 saturated carbocycles. The summed E-state index contributed by atoms with van der Waals surface area (Å²) in [7, 11) is 0. The summed E-state index contributed by atoms with van der Waals surface area (Å²) in [5, 5.41) is 0.150. The first-order valence-corrected chi connectivity index (χ1v) is 9.78. The molecule has 2 aromatic rings. The third-order valence-electron chi connectivity index (χ3n) is 4.73. The number of esters is 1. The molecule has 8 nitrogen and oxygen atoms in total. The highest BCUT2D eigenvalue weighted by Crippen LogP contribution is 2.41. The van der Waals surface area contributed by atoms with E-state index in [1.165, 1.54) is 12.1 Å². The van der Waals surface area contributed by atoms with Crippen LogP contribution in [-0.4, -0.2) is 43.4 Å². The van der Waals surface area contributed by atoms with E-state index < -0.39 is 42.7 Å². The highest BCUT2D eigenvalue weighted by atomic mass is 35.5. The van der Waals surface area contributed by atoms with E-state index in [0.29, 0.717) is 4.90 Å². The van der Waals surface area contributed by atoms with Gasteiger partial charge in [-0.2, -0.15) is 0 Å². The molecule has 2 aromatic carbocycles. The minimum atomic E-state index is -0.974. The van der Waals surface area contributed by atoms with Crippen molar-refractivity contribution >= 4 is 58.3 Å². The van der Waals surface area contributed by atoms with Crippen molar-refractivity contribution in [2.24, 2.45) is 0 Å². The Kier molecular flexibility index (Phi) is 5.32. The number of hydrogen-bond donors (Lipinski definition) is 0. The van der Waals surface area contributed by atoms with Gasteiger partial charge in [-0.25, -0.2) is 9.29 Å². The molecular weight excluding hydrogens is 454 g/mol. The number of imide groups is 1. The van der Waals surface area contributed by atoms with Gasteiger partial charge in [-0.1, -0.05) is 23.2 Å². The molecule has 2 aliphatic rings. The van der Waals surface area contributed by atoms with Gasteiger partial charge in [0.25, 0.3) is 17.7 Å². The van der Waals surface area contributed by atoms with Gasteiger partial charge < -0.3 is 9.47 Å². The first-order valence-electron chi connectivity index (χ1n) is 9.03. The maximum absolute atomic E-state index is 15.0. The number of amides is 3. The number of halogens is 3. The Bertz CT molecular complexity index is 1130. The van der Waals surface area contributed by atoms with Gasteiger partial charge >= 0.3 is 5.97 Å². The van der Waals surface area contributed by atoms with Crippen LogP contribution in [0.25, 0.3) is 0 Å². The lowest BCUT2D eigenvalue weighted by Gasteiger charge is -2.29. The van der Waals surface area contributed by atoms with Crippen LogP contribution in [-0.2, 0) is 14.3 Å². The number of carbonyl (C=O) groups excluding carboxylic acids is 4. The van der Waals surface area contributed by atoms with Gasteiger partial charge in [0.05, 0.1) is 39.2 Å². The summed E-state index contributed by atoms with van der Waals surface area (Å²) in [5.74, 6) is -3.77. The predicted octanol–water partition coefficient (Wildman–Crippen LogP) is 3.22. The molecular formula is C20H13Cl2FN2O6. The van der Waals surface area contributed by atoms with Gasteiger partial charge in [-0.15, -0.1) is 0 Å². The van der Waals surface area contributed by atoms with Gasteiger partial charge in [0, 0.05) is 12.1 Å². The van der Waals surface area contributed by atoms with Crippen LogP contribution in [0.2, 0.25) is 10.0 Å². The van der Waals surface area contributed by atoms with Gasteiger partial charge in [-0.3, -0.25) is 24.1 Å². The summed E-state index contributed by atoms with van der Waals surface area (Å²) in [6.07, 6.45) is 0. The van der Waals surface area contributed by atoms with E-state index in [2.05, 4.69) is 0 Å². The zero-order valence-corrected chi connectivity index (χ0v) is 17.4. The topological polar surface area (TPSA) is 93.2 Å². The van der Waals surface area contributed by atoms with E-state index in [9.17, 15) is 19.2 Å². The fraction of sp³-hybridized carbons (Fsp3) is 0.200. The van der Waals surface area contributed by atoms with Gasteiger partial charge in [-0.05, 0) is 19.1 Å². The Morgan fingerprint density at radius 1 is 1.06 bits per heavy atom. The van der Waals surface area contributed by atoms with E-state index in [0.717, 1.165) is 17.0 Å². The number of hydrogen-bond acceptors (Lipinski definition) is 6. The van der Waals surface area contributed by atoms with Crippen molar-refractivity contribution in [1.82, 2.24) is 0 Å². The molecule has 160 valence electrons. The molecule has 0 N–H and O–H groups in total. The van der Waals surface area contributed by atoms with E-state index in [4.69, 9.17) is 32.7 Å². The Labute approximate surface area is 185 Å². The molecule has 11 heteroatoms. The summed E-state index contributed by atoms with van der Waals surface area (Å²) in [4.78, 5) is 51.3. The van der Waals surface area contributed by atoms with Crippen LogP contribution >= 0.6 is 23.2 Å². The summed E-state index contributed by atoms with van der Waals surface area (Å²) in [6.45, 7) is 0.878. The Morgan fingerprint density at radius 3 is 2.26 bits per heavy atom. The molecule has 0 aliphatic carbocycles. The average molecular weight is 467 g/mol. The first-order chi connectivity index (χ1) is 14.7. The molecule has 0 aromatic heterocycles. The Hall–Kier alpha value is -3.17. The zero-order valence-electron chi connectivity index (χ0n) is 15.9. The molecule has 4 rings (SSSR count). The quantitative estimate of drug-likeness (QED) is 0.507. The largest absolute Gasteiger partial charge is 0.481 e. The number of ether oxygens (including phenoxy) is 2. The number of anilines is 2. The van der Waals surface area contributed by atoms with E-state index in [1.54, 1.807) is 6.92 Å². The smallest absolute Gasteiger partial charge is 0.326 e. The number of nitrogens with zero attached hydrogens (tertiary/aromatic N) is 2. The van der Waals surface area contributed by atoms with Crippen LogP contribution in [0.1, 0.15) is 27.6 Å². The Balaban J connectivity index is 1.74. The molecule has 0 unspecified atom stereocenters. The SMILES string of the molecule is CCOC(=O)CN1C(=O)COc2cc(N3C(=O)c4cc(Cl)c(Cl)cc4C3=O)c(F)cc21. The van der Waals surface area contributed by atoms with Crippen molar-refractivity contribution in [2.75, 3.05) is 29.6 Å². The number of rotatable bonds is 4. The molecule has 0 atom stereocenters. The molecule has 3 amide bonds. The van der Waals surface area contributed by atoms with Crippen LogP contribution in [0, 0.1) is 5.82 Å². The highest BCUT2D eigenvalue weighted by Gasteiger charge is 2.40. The first kappa shape index (κ1) is 21.1. The highest BCUT2D eigenvalue weighted by molar-refractivity contribution is 6.44. The number of benzene rings is 2. The standard InChI is InChI=1S/C20H13Cl2FN2O6/c1-2-30-18(27)7-24-15-5-13(23)14(6-16(15)31-8-17(24)26)25-19(28)9-3-11(21)12(22)4-10(9)20(25)29/h3-6H,2,7-8H2,1H3. The van der Waals surface area contributed by atoms with Crippen LogP contribution in [0.15, 0.2) is 24.3 Å². The zero-order chi connectivity index (χ0) is 22.4. The second-order valence-electron chi connectivity index (χ2n) is 6.60. The van der Waals surface area contributed by atoms with Crippen molar-refractivity contribution in [1.29, 1.82) is 0 Å². The molecule has 0 spiro atoms. The van der Waals surface area contributed by atoms with Crippen molar-refractivity contribution in [2.45, 2.75) is 6.92 Å². The Morgan fingerprint density at radius 2 is 1.68 bits per heavy atom. The van der Waals surface area contributed by atoms with Gasteiger partial charge in [0.1, 0.15) is 18.1 Å². The number of fused-ring (bicyclic) bond motifs is 2. The molecule has 2 aliphatic heterocycles. The van der Waals surface area contributed by atoms with Crippen LogP contribution < -0.4 is 14.5 Å². The van der Waals surface area contributed by atoms with Crippen molar-refractivity contribution in [3.63, 3.8) is 0 Å². The monoisotopic (exact) mass is 466 g/mol. The normalized spacial score (nSPS) is 15.0. The van der Waals surface area contributed by atoms with E-state index in [-0.39, 0.29) is 44.9 Å². The molecule has 2 heterocycles. The fourth-order valence-electron chi connectivity index (χ4n) is 3.34. The minimum Gasteiger partial charge on any atom is -0.481 e. The third kappa shape index (κ3) is 3.49. The summed E-state index contributed by atoms with van der Waals surface area (Å²) in [6, 6.07) is 4.53. The maximum Gasteiger partial charge on any atom is 0.326 e. The summed E-state index contributed by atoms with van der Waals surface area (Å²) >= 11 is 11.9. The molecule has 0 radical (unpaired) electrons. The van der Waals surface area contributed by atoms with Crippen molar-refractivity contribution in [3.8, 4) is 5.75 Å². The molecule has 0 saturated heterocycles. The molecule has 0 bridgehead atoms. The maximum atomic E-state index is 15.0. The second-order valence-corrected chi connectivity index (χ2v) is 7.42. The predicted molar refractivity (Wildman–Crippen MR) is 108 cm³/mol. The van der Waals surface area contributed by atoms with E-state index in [1.807, 2.05) is 0 Å². The van der Waals surface area contributed by atoms with Crippen molar-refractivity contribution < 1.29 is 33.0 Å². The lowest BCUT2D eigenvalue weighted by molar-refractivity contribution is -0.142. The third-order valence-corrected chi connectivity index (χ3v) is 5.45.